The summed E-state index contributed by atoms with van der Waals surface area (Å²) >= 11 is 0. The lowest BCUT2D eigenvalue weighted by atomic mass is 9.56. The summed E-state index contributed by atoms with van der Waals surface area (Å²) in [5.41, 5.74) is 4.60. The molecule has 3 nitrogen and oxygen atoms in total. The minimum Gasteiger partial charge on any atom is -0.392 e. The number of nitrogens with zero attached hydrogens (tertiary/aromatic N) is 1. The van der Waals surface area contributed by atoms with Crippen LogP contribution in [0.3, 0.4) is 0 Å². The van der Waals surface area contributed by atoms with Gasteiger partial charge < -0.3 is 5.11 Å². The van der Waals surface area contributed by atoms with Crippen molar-refractivity contribution in [3.63, 3.8) is 0 Å². The summed E-state index contributed by atoms with van der Waals surface area (Å²) in [4.78, 5) is 11.8. The molecule has 5 atom stereocenters. The average Bonchev–Trinajstić information content (AvgIpc) is 2.92. The number of rotatable bonds is 2. The number of allylic oxidation sites excluding steroid dienone is 4. The second-order valence-electron chi connectivity index (χ2n) is 8.53. The van der Waals surface area contributed by atoms with Gasteiger partial charge in [-0.05, 0) is 72.8 Å². The van der Waals surface area contributed by atoms with Gasteiger partial charge in [0.15, 0.2) is 0 Å². The molecule has 4 aliphatic carbocycles. The van der Waals surface area contributed by atoms with Gasteiger partial charge in [-0.3, -0.25) is 4.79 Å². The predicted octanol–water partition coefficient (Wildman–Crippen LogP) is 4.08. The Morgan fingerprint density at radius 3 is 2.96 bits per heavy atom. The van der Waals surface area contributed by atoms with Crippen molar-refractivity contribution in [2.45, 2.75) is 70.8 Å². The van der Waals surface area contributed by atoms with Crippen LogP contribution < -0.4 is 0 Å². The van der Waals surface area contributed by atoms with E-state index >= 15 is 0 Å². The molecule has 1 saturated carbocycles. The number of carbonyl (C=O) groups is 1. The van der Waals surface area contributed by atoms with Crippen molar-refractivity contribution in [3.05, 3.63) is 22.8 Å². The molecule has 0 aromatic heterocycles. The van der Waals surface area contributed by atoms with Crippen molar-refractivity contribution >= 4 is 5.78 Å². The van der Waals surface area contributed by atoms with Crippen molar-refractivity contribution in [2.24, 2.45) is 23.2 Å². The molecule has 5 unspecified atom stereocenters. The Labute approximate surface area is 144 Å². The van der Waals surface area contributed by atoms with Gasteiger partial charge >= 0.3 is 0 Å². The zero-order valence-electron chi connectivity index (χ0n) is 14.6. The number of hydrogen-bond donors (Lipinski definition) is 1. The summed E-state index contributed by atoms with van der Waals surface area (Å²) < 4.78 is 0. The third kappa shape index (κ3) is 2.30. The lowest BCUT2D eigenvalue weighted by Gasteiger charge is -2.48. The number of fused-ring (bicyclic) bond motifs is 4. The first kappa shape index (κ1) is 16.1. The van der Waals surface area contributed by atoms with Crippen LogP contribution in [-0.2, 0) is 4.79 Å². The molecule has 0 heterocycles. The van der Waals surface area contributed by atoms with E-state index in [0.29, 0.717) is 30.5 Å². The van der Waals surface area contributed by atoms with Crippen molar-refractivity contribution in [2.75, 3.05) is 0 Å². The van der Waals surface area contributed by atoms with Crippen molar-refractivity contribution in [1.82, 2.24) is 0 Å². The van der Waals surface area contributed by atoms with E-state index in [2.05, 4.69) is 19.1 Å². The maximum Gasteiger partial charge on any atom is 0.137 e. The third-order valence-corrected chi connectivity index (χ3v) is 7.49. The van der Waals surface area contributed by atoms with Crippen molar-refractivity contribution in [1.29, 1.82) is 5.26 Å². The molecule has 0 radical (unpaired) electrons. The first-order valence-electron chi connectivity index (χ1n) is 9.52. The zero-order chi connectivity index (χ0) is 16.9. The van der Waals surface area contributed by atoms with Crippen LogP contribution in [0.1, 0.15) is 64.7 Å². The van der Waals surface area contributed by atoms with E-state index in [1.165, 1.54) is 24.0 Å². The quantitative estimate of drug-likeness (QED) is 0.832. The maximum absolute atomic E-state index is 11.8. The Morgan fingerprint density at radius 1 is 1.33 bits per heavy atom. The lowest BCUT2D eigenvalue weighted by Crippen LogP contribution is -2.42. The number of hydrogen-bond acceptors (Lipinski definition) is 3. The van der Waals surface area contributed by atoms with Crippen molar-refractivity contribution in [3.8, 4) is 6.07 Å². The van der Waals surface area contributed by atoms with Gasteiger partial charge in [-0.2, -0.15) is 5.26 Å². The van der Waals surface area contributed by atoms with Crippen LogP contribution in [0, 0.1) is 34.5 Å². The van der Waals surface area contributed by atoms with Gasteiger partial charge in [-0.1, -0.05) is 18.6 Å². The maximum atomic E-state index is 11.8. The minimum atomic E-state index is -0.481. The fraction of sp³-hybridized carbons (Fsp3) is 0.714. The minimum absolute atomic E-state index is 0.132. The Morgan fingerprint density at radius 2 is 2.17 bits per heavy atom. The SMILES string of the molecule is CC12CC=C3C4=C(CCC3C1CCC2C(O)CC#N)CC(=O)CC4. The number of Topliss-reactive ketones (excluding diaryl/α,β-unsaturated/α-hetero) is 1. The largest absolute Gasteiger partial charge is 0.392 e. The first-order chi connectivity index (χ1) is 11.5. The summed E-state index contributed by atoms with van der Waals surface area (Å²) in [5.74, 6) is 1.90. The summed E-state index contributed by atoms with van der Waals surface area (Å²) in [6.07, 6.45) is 10.0. The number of nitriles is 1. The van der Waals surface area contributed by atoms with Crippen LogP contribution in [0.4, 0.5) is 0 Å². The monoisotopic (exact) mass is 325 g/mol. The van der Waals surface area contributed by atoms with Crippen LogP contribution in [0.2, 0.25) is 0 Å². The van der Waals surface area contributed by atoms with Gasteiger partial charge in [0, 0.05) is 12.8 Å². The van der Waals surface area contributed by atoms with Gasteiger partial charge in [-0.15, -0.1) is 0 Å². The molecule has 0 bridgehead atoms. The molecule has 1 N–H and O–H groups in total. The second-order valence-corrected chi connectivity index (χ2v) is 8.53. The van der Waals surface area contributed by atoms with E-state index in [4.69, 9.17) is 5.26 Å². The van der Waals surface area contributed by atoms with E-state index in [1.54, 1.807) is 5.57 Å². The fourth-order valence-electron chi connectivity index (χ4n) is 6.32. The van der Waals surface area contributed by atoms with Crippen LogP contribution in [0.5, 0.6) is 0 Å². The molecule has 1 fully saturated rings. The fourth-order valence-corrected chi connectivity index (χ4v) is 6.32. The average molecular weight is 325 g/mol. The van der Waals surface area contributed by atoms with E-state index in [0.717, 1.165) is 25.7 Å². The summed E-state index contributed by atoms with van der Waals surface area (Å²) in [6.45, 7) is 2.34. The number of ketones is 1. The van der Waals surface area contributed by atoms with E-state index < -0.39 is 6.10 Å². The van der Waals surface area contributed by atoms with Gasteiger partial charge in [0.25, 0.3) is 0 Å². The van der Waals surface area contributed by atoms with Crippen LogP contribution in [0.15, 0.2) is 22.8 Å². The van der Waals surface area contributed by atoms with Crippen molar-refractivity contribution < 1.29 is 9.90 Å². The molecule has 0 aliphatic heterocycles. The molecule has 0 spiro atoms. The predicted molar refractivity (Wildman–Crippen MR) is 91.9 cm³/mol. The highest BCUT2D eigenvalue weighted by molar-refractivity contribution is 5.83. The highest BCUT2D eigenvalue weighted by atomic mass is 16.3. The van der Waals surface area contributed by atoms with E-state index in [9.17, 15) is 9.90 Å². The highest BCUT2D eigenvalue weighted by Crippen LogP contribution is 2.61. The summed E-state index contributed by atoms with van der Waals surface area (Å²) in [5, 5.41) is 19.4. The van der Waals surface area contributed by atoms with Gasteiger partial charge in [0.1, 0.15) is 5.78 Å². The molecule has 4 aliphatic rings. The highest BCUT2D eigenvalue weighted by Gasteiger charge is 2.54. The van der Waals surface area contributed by atoms with Gasteiger partial charge in [0.05, 0.1) is 18.6 Å². The number of aliphatic hydroxyl groups excluding tert-OH is 1. The molecule has 4 rings (SSSR count). The number of aliphatic hydroxyl groups is 1. The van der Waals surface area contributed by atoms with E-state index in [1.807, 2.05) is 0 Å². The smallest absolute Gasteiger partial charge is 0.137 e. The lowest BCUT2D eigenvalue weighted by molar-refractivity contribution is -0.118. The molecule has 3 heteroatoms. The molecular formula is C21H27NO2. The van der Waals surface area contributed by atoms with Crippen LogP contribution in [-0.4, -0.2) is 17.0 Å². The Kier molecular flexibility index (Phi) is 3.92. The van der Waals surface area contributed by atoms with Gasteiger partial charge in [-0.25, -0.2) is 0 Å². The van der Waals surface area contributed by atoms with Crippen LogP contribution >= 0.6 is 0 Å². The molecule has 0 saturated heterocycles. The summed E-state index contributed by atoms with van der Waals surface area (Å²) in [6, 6.07) is 2.15. The third-order valence-electron chi connectivity index (χ3n) is 7.49. The van der Waals surface area contributed by atoms with Gasteiger partial charge in [0.2, 0.25) is 0 Å². The standard InChI is InChI=1S/C21H27NO2/c1-21-10-8-16-15-5-3-14(23)12-13(15)2-4-17(16)18(21)6-7-19(21)20(24)9-11-22/h8,17-20,24H,2-7,9-10,12H2,1H3. The molecule has 0 aromatic carbocycles. The molecular weight excluding hydrogens is 298 g/mol. The Balaban J connectivity index is 1.65. The second kappa shape index (κ2) is 5.85. The zero-order valence-corrected chi connectivity index (χ0v) is 14.6. The first-order valence-corrected chi connectivity index (χ1v) is 9.52. The van der Waals surface area contributed by atoms with E-state index in [-0.39, 0.29) is 17.8 Å². The molecule has 0 aromatic rings. The Bertz CT molecular complexity index is 668. The van der Waals surface area contributed by atoms with Crippen LogP contribution in [0.25, 0.3) is 0 Å². The Hall–Kier alpha value is -1.40. The molecule has 24 heavy (non-hydrogen) atoms. The summed E-state index contributed by atoms with van der Waals surface area (Å²) in [7, 11) is 0. The molecule has 0 amide bonds. The normalized spacial score (nSPS) is 39.5. The number of carbonyl (C=O) groups excluding carboxylic acids is 1. The topological polar surface area (TPSA) is 61.1 Å². The molecule has 128 valence electrons.